The van der Waals surface area contributed by atoms with E-state index in [-0.39, 0.29) is 18.0 Å². The molecule has 0 spiro atoms. The smallest absolute Gasteiger partial charge is 0.384 e. The lowest BCUT2D eigenvalue weighted by Crippen LogP contribution is -2.31. The lowest BCUT2D eigenvalue weighted by atomic mass is 10.1. The molecule has 0 aliphatic carbocycles. The molecule has 2 heterocycles. The van der Waals surface area contributed by atoms with Gasteiger partial charge in [-0.1, -0.05) is 0 Å². The standard InChI is InChI=1S/C11H14N4O3/c1-11(2,17)6-13-8-7-4-3-5-12-9(7)15(18)10(16)14-8/h3-5,17-18H,6H2,1-2H3,(H,13,14,16). The predicted molar refractivity (Wildman–Crippen MR) is 65.8 cm³/mol. The van der Waals surface area contributed by atoms with E-state index in [0.29, 0.717) is 10.1 Å². The van der Waals surface area contributed by atoms with E-state index in [1.165, 1.54) is 6.20 Å². The highest BCUT2D eigenvalue weighted by molar-refractivity contribution is 5.86. The number of nitrogens with zero attached hydrogens (tertiary/aromatic N) is 3. The van der Waals surface area contributed by atoms with Crippen LogP contribution in [0.2, 0.25) is 0 Å². The van der Waals surface area contributed by atoms with E-state index in [4.69, 9.17) is 0 Å². The average molecular weight is 250 g/mol. The molecular formula is C11H14N4O3. The van der Waals surface area contributed by atoms with Crippen molar-refractivity contribution in [2.75, 3.05) is 11.9 Å². The Labute approximate surface area is 103 Å². The van der Waals surface area contributed by atoms with Crippen LogP contribution in [0.4, 0.5) is 5.82 Å². The molecule has 0 atom stereocenters. The molecule has 0 saturated heterocycles. The highest BCUT2D eigenvalue weighted by Crippen LogP contribution is 2.17. The van der Waals surface area contributed by atoms with Crippen LogP contribution in [0.1, 0.15) is 13.8 Å². The molecule has 7 heteroatoms. The van der Waals surface area contributed by atoms with Crippen molar-refractivity contribution in [3.8, 4) is 0 Å². The Bertz CT molecular complexity index is 630. The second-order valence-electron chi connectivity index (χ2n) is 4.60. The van der Waals surface area contributed by atoms with Gasteiger partial charge in [0.05, 0.1) is 11.0 Å². The Morgan fingerprint density at radius 1 is 1.50 bits per heavy atom. The van der Waals surface area contributed by atoms with E-state index in [0.717, 1.165) is 0 Å². The lowest BCUT2D eigenvalue weighted by Gasteiger charge is -2.18. The number of hydrogen-bond donors (Lipinski definition) is 3. The highest BCUT2D eigenvalue weighted by atomic mass is 16.5. The Kier molecular flexibility index (Phi) is 2.92. The molecule has 7 nitrogen and oxygen atoms in total. The molecule has 0 aromatic carbocycles. The van der Waals surface area contributed by atoms with Crippen molar-refractivity contribution in [3.05, 3.63) is 28.8 Å². The van der Waals surface area contributed by atoms with Crippen LogP contribution in [0.3, 0.4) is 0 Å². The van der Waals surface area contributed by atoms with E-state index >= 15 is 0 Å². The number of anilines is 1. The summed E-state index contributed by atoms with van der Waals surface area (Å²) >= 11 is 0. The van der Waals surface area contributed by atoms with Crippen LogP contribution in [0.25, 0.3) is 11.0 Å². The molecule has 0 unspecified atom stereocenters. The number of rotatable bonds is 3. The van der Waals surface area contributed by atoms with Gasteiger partial charge < -0.3 is 15.6 Å². The van der Waals surface area contributed by atoms with Crippen LogP contribution in [-0.2, 0) is 0 Å². The Morgan fingerprint density at radius 3 is 2.89 bits per heavy atom. The minimum absolute atomic E-state index is 0.121. The fourth-order valence-electron chi connectivity index (χ4n) is 1.48. The van der Waals surface area contributed by atoms with Crippen LogP contribution in [0.15, 0.2) is 23.1 Å². The molecule has 0 fully saturated rings. The fraction of sp³-hybridized carbons (Fsp3) is 0.364. The fourth-order valence-corrected chi connectivity index (χ4v) is 1.48. The summed E-state index contributed by atoms with van der Waals surface area (Å²) in [5.41, 5.74) is -1.64. The van der Waals surface area contributed by atoms with Gasteiger partial charge in [0.2, 0.25) is 0 Å². The monoisotopic (exact) mass is 250 g/mol. The van der Waals surface area contributed by atoms with Gasteiger partial charge in [0.1, 0.15) is 5.82 Å². The van der Waals surface area contributed by atoms with E-state index in [2.05, 4.69) is 15.3 Å². The summed E-state index contributed by atoms with van der Waals surface area (Å²) in [7, 11) is 0. The number of fused-ring (bicyclic) bond motifs is 1. The molecule has 0 bridgehead atoms. The van der Waals surface area contributed by atoms with Crippen molar-refractivity contribution in [1.82, 2.24) is 14.7 Å². The minimum Gasteiger partial charge on any atom is -0.422 e. The second kappa shape index (κ2) is 4.26. The predicted octanol–water partition coefficient (Wildman–Crippen LogP) is 0.212. The van der Waals surface area contributed by atoms with Crippen molar-refractivity contribution < 1.29 is 10.3 Å². The van der Waals surface area contributed by atoms with Crippen LogP contribution >= 0.6 is 0 Å². The maximum Gasteiger partial charge on any atom is 0.384 e. The average Bonchev–Trinajstić information content (AvgIpc) is 2.31. The number of aromatic nitrogens is 3. The third-order valence-electron chi connectivity index (χ3n) is 2.32. The van der Waals surface area contributed by atoms with Gasteiger partial charge in [-0.15, -0.1) is 4.73 Å². The van der Waals surface area contributed by atoms with Crippen LogP contribution in [0.5, 0.6) is 0 Å². The zero-order valence-electron chi connectivity index (χ0n) is 10.1. The normalized spacial score (nSPS) is 11.7. The van der Waals surface area contributed by atoms with Crippen molar-refractivity contribution in [2.24, 2.45) is 0 Å². The van der Waals surface area contributed by atoms with E-state index in [1.807, 2.05) is 0 Å². The van der Waals surface area contributed by atoms with Crippen LogP contribution < -0.4 is 11.0 Å². The second-order valence-corrected chi connectivity index (χ2v) is 4.60. The van der Waals surface area contributed by atoms with Crippen LogP contribution in [-0.4, -0.2) is 37.2 Å². The van der Waals surface area contributed by atoms with Gasteiger partial charge in [-0.3, -0.25) is 0 Å². The largest absolute Gasteiger partial charge is 0.422 e. The minimum atomic E-state index is -0.940. The van der Waals surface area contributed by atoms with Crippen molar-refractivity contribution in [3.63, 3.8) is 0 Å². The third-order valence-corrected chi connectivity index (χ3v) is 2.32. The van der Waals surface area contributed by atoms with Gasteiger partial charge in [0.25, 0.3) is 0 Å². The van der Waals surface area contributed by atoms with Gasteiger partial charge in [-0.25, -0.2) is 9.78 Å². The number of pyridine rings is 1. The summed E-state index contributed by atoms with van der Waals surface area (Å²) in [5, 5.41) is 22.5. The number of hydrogen-bond acceptors (Lipinski definition) is 6. The molecule has 18 heavy (non-hydrogen) atoms. The van der Waals surface area contributed by atoms with E-state index < -0.39 is 11.3 Å². The van der Waals surface area contributed by atoms with E-state index in [9.17, 15) is 15.1 Å². The van der Waals surface area contributed by atoms with Gasteiger partial charge in [0, 0.05) is 12.7 Å². The molecule has 0 aliphatic rings. The first kappa shape index (κ1) is 12.3. The summed E-state index contributed by atoms with van der Waals surface area (Å²) < 4.78 is 0.393. The zero-order chi connectivity index (χ0) is 13.3. The molecule has 0 aliphatic heterocycles. The van der Waals surface area contributed by atoms with Crippen molar-refractivity contribution in [1.29, 1.82) is 0 Å². The SMILES string of the molecule is CC(C)(O)CNc1nc(=O)n(O)c2ncccc12. The molecule has 2 aromatic rings. The van der Waals surface area contributed by atoms with Gasteiger partial charge in [-0.05, 0) is 26.0 Å². The summed E-state index contributed by atoms with van der Waals surface area (Å²) in [4.78, 5) is 19.1. The number of nitrogens with one attached hydrogen (secondary N) is 1. The third kappa shape index (κ3) is 2.40. The first-order valence-corrected chi connectivity index (χ1v) is 5.42. The summed E-state index contributed by atoms with van der Waals surface area (Å²) in [6, 6.07) is 3.35. The van der Waals surface area contributed by atoms with Gasteiger partial charge in [-0.2, -0.15) is 4.98 Å². The summed E-state index contributed by atoms with van der Waals surface area (Å²) in [6.07, 6.45) is 1.47. The number of aliphatic hydroxyl groups is 1. The van der Waals surface area contributed by atoms with Gasteiger partial charge >= 0.3 is 5.69 Å². The zero-order valence-corrected chi connectivity index (χ0v) is 10.1. The lowest BCUT2D eigenvalue weighted by molar-refractivity contribution is 0.0944. The molecule has 2 rings (SSSR count). The maximum atomic E-state index is 11.4. The maximum absolute atomic E-state index is 11.4. The Balaban J connectivity index is 2.51. The van der Waals surface area contributed by atoms with E-state index in [1.54, 1.807) is 26.0 Å². The molecule has 0 saturated carbocycles. The quantitative estimate of drug-likeness (QED) is 0.673. The summed E-state index contributed by atoms with van der Waals surface area (Å²) in [5.74, 6) is 0.288. The molecular weight excluding hydrogens is 236 g/mol. The topological polar surface area (TPSA) is 100 Å². The molecule has 0 radical (unpaired) electrons. The van der Waals surface area contributed by atoms with Gasteiger partial charge in [0.15, 0.2) is 5.65 Å². The Hall–Kier alpha value is -2.15. The van der Waals surface area contributed by atoms with Crippen molar-refractivity contribution in [2.45, 2.75) is 19.4 Å². The molecule has 3 N–H and O–H groups in total. The van der Waals surface area contributed by atoms with Crippen LogP contribution in [0, 0.1) is 0 Å². The molecule has 0 amide bonds. The molecule has 2 aromatic heterocycles. The Morgan fingerprint density at radius 2 is 2.22 bits per heavy atom. The molecule has 96 valence electrons. The highest BCUT2D eigenvalue weighted by Gasteiger charge is 2.15. The van der Waals surface area contributed by atoms with Crippen molar-refractivity contribution >= 4 is 16.9 Å². The first-order chi connectivity index (χ1) is 8.38. The summed E-state index contributed by atoms with van der Waals surface area (Å²) in [6.45, 7) is 3.49. The first-order valence-electron chi connectivity index (χ1n) is 5.42.